The van der Waals surface area contributed by atoms with Gasteiger partial charge in [0.15, 0.2) is 0 Å². The van der Waals surface area contributed by atoms with E-state index in [1.807, 2.05) is 17.5 Å². The number of carboxylic acid groups (broad SMARTS) is 1. The molecule has 0 saturated heterocycles. The maximum absolute atomic E-state index is 11.7. The Bertz CT molecular complexity index is 596. The third-order valence-corrected chi connectivity index (χ3v) is 3.61. The number of thiophene rings is 1. The molecule has 0 spiro atoms. The van der Waals surface area contributed by atoms with Crippen LogP contribution in [0.3, 0.4) is 0 Å². The van der Waals surface area contributed by atoms with Crippen molar-refractivity contribution in [3.63, 3.8) is 0 Å². The van der Waals surface area contributed by atoms with Crippen molar-refractivity contribution >= 4 is 28.9 Å². The Morgan fingerprint density at radius 3 is 2.90 bits per heavy atom. The maximum Gasteiger partial charge on any atom is 0.337 e. The van der Waals surface area contributed by atoms with Crippen molar-refractivity contribution in [1.29, 1.82) is 0 Å². The van der Waals surface area contributed by atoms with Crippen molar-refractivity contribution in [3.8, 4) is 0 Å². The quantitative estimate of drug-likeness (QED) is 0.857. The minimum atomic E-state index is -1.06. The minimum absolute atomic E-state index is 0.0568. The van der Waals surface area contributed by atoms with E-state index in [1.165, 1.54) is 23.3 Å². The number of aromatic nitrogens is 1. The van der Waals surface area contributed by atoms with E-state index in [4.69, 9.17) is 5.11 Å². The van der Waals surface area contributed by atoms with Gasteiger partial charge in [0.2, 0.25) is 5.91 Å². The molecule has 0 aliphatic rings. The molecular weight excluding hydrogens is 276 g/mol. The second-order valence-corrected chi connectivity index (χ2v) is 5.28. The van der Waals surface area contributed by atoms with Gasteiger partial charge >= 0.3 is 5.97 Å². The number of carbonyl (C=O) groups excluding carboxylic acids is 1. The molecule has 0 radical (unpaired) electrons. The molecule has 2 aromatic rings. The van der Waals surface area contributed by atoms with Crippen LogP contribution in [0.2, 0.25) is 0 Å². The highest BCUT2D eigenvalue weighted by molar-refractivity contribution is 7.09. The van der Waals surface area contributed by atoms with Gasteiger partial charge in [-0.3, -0.25) is 9.78 Å². The standard InChI is InChI=1S/C14H14N2O3S/c17-13(5-1-3-12-4-2-6-20-12)16-11-7-10(14(18)19)8-15-9-11/h2,4,6-9H,1,3,5H2,(H,16,17)(H,18,19). The summed E-state index contributed by atoms with van der Waals surface area (Å²) in [5, 5.41) is 13.5. The maximum atomic E-state index is 11.7. The third-order valence-electron chi connectivity index (χ3n) is 2.68. The fraction of sp³-hybridized carbons (Fsp3) is 0.214. The molecule has 2 heterocycles. The van der Waals surface area contributed by atoms with Crippen LogP contribution in [-0.2, 0) is 11.2 Å². The Balaban J connectivity index is 1.82. The number of nitrogens with zero attached hydrogens (tertiary/aromatic N) is 1. The highest BCUT2D eigenvalue weighted by atomic mass is 32.1. The van der Waals surface area contributed by atoms with Crippen LogP contribution in [0.25, 0.3) is 0 Å². The molecule has 0 fully saturated rings. The summed E-state index contributed by atoms with van der Waals surface area (Å²) in [5.74, 6) is -1.20. The Morgan fingerprint density at radius 1 is 1.35 bits per heavy atom. The molecule has 0 atom stereocenters. The average Bonchev–Trinajstić information content (AvgIpc) is 2.92. The second kappa shape index (κ2) is 6.81. The Kier molecular flexibility index (Phi) is 4.84. The first kappa shape index (κ1) is 14.2. The lowest BCUT2D eigenvalue weighted by Crippen LogP contribution is -2.12. The summed E-state index contributed by atoms with van der Waals surface area (Å²) in [4.78, 5) is 27.6. The number of carbonyl (C=O) groups is 2. The first-order chi connectivity index (χ1) is 9.65. The van der Waals surface area contributed by atoms with Crippen molar-refractivity contribution in [2.24, 2.45) is 0 Å². The average molecular weight is 290 g/mol. The predicted molar refractivity (Wildman–Crippen MR) is 77.1 cm³/mol. The van der Waals surface area contributed by atoms with E-state index in [2.05, 4.69) is 10.3 Å². The molecule has 2 N–H and O–H groups in total. The van der Waals surface area contributed by atoms with Crippen LogP contribution < -0.4 is 5.32 Å². The molecule has 0 aliphatic carbocycles. The van der Waals surface area contributed by atoms with Crippen molar-refractivity contribution < 1.29 is 14.7 Å². The number of hydrogen-bond donors (Lipinski definition) is 2. The van der Waals surface area contributed by atoms with Crippen molar-refractivity contribution in [2.45, 2.75) is 19.3 Å². The van der Waals surface area contributed by atoms with Gasteiger partial charge in [-0.15, -0.1) is 11.3 Å². The first-order valence-corrected chi connectivity index (χ1v) is 7.03. The summed E-state index contributed by atoms with van der Waals surface area (Å²) < 4.78 is 0. The fourth-order valence-corrected chi connectivity index (χ4v) is 2.48. The number of pyridine rings is 1. The van der Waals surface area contributed by atoms with Crippen molar-refractivity contribution in [1.82, 2.24) is 4.98 Å². The lowest BCUT2D eigenvalue weighted by molar-refractivity contribution is -0.116. The lowest BCUT2D eigenvalue weighted by Gasteiger charge is -2.05. The van der Waals surface area contributed by atoms with E-state index in [9.17, 15) is 9.59 Å². The fourth-order valence-electron chi connectivity index (χ4n) is 1.73. The number of anilines is 1. The summed E-state index contributed by atoms with van der Waals surface area (Å²) in [6.45, 7) is 0. The van der Waals surface area contributed by atoms with Crippen LogP contribution in [0.4, 0.5) is 5.69 Å². The zero-order valence-corrected chi connectivity index (χ0v) is 11.5. The number of rotatable bonds is 6. The number of hydrogen-bond acceptors (Lipinski definition) is 4. The summed E-state index contributed by atoms with van der Waals surface area (Å²) >= 11 is 1.68. The van der Waals surface area contributed by atoms with E-state index in [0.717, 1.165) is 12.8 Å². The van der Waals surface area contributed by atoms with Crippen molar-refractivity contribution in [3.05, 3.63) is 46.4 Å². The Morgan fingerprint density at radius 2 is 2.20 bits per heavy atom. The van der Waals surface area contributed by atoms with Gasteiger partial charge in [0, 0.05) is 17.5 Å². The number of amides is 1. The van der Waals surface area contributed by atoms with Gasteiger partial charge in [0.05, 0.1) is 17.4 Å². The molecule has 104 valence electrons. The smallest absolute Gasteiger partial charge is 0.337 e. The van der Waals surface area contributed by atoms with Gasteiger partial charge in [0.25, 0.3) is 0 Å². The molecule has 0 saturated carbocycles. The van der Waals surface area contributed by atoms with E-state index in [1.54, 1.807) is 11.3 Å². The van der Waals surface area contributed by atoms with Gasteiger partial charge in [-0.05, 0) is 30.4 Å². The number of aryl methyl sites for hydroxylation is 1. The van der Waals surface area contributed by atoms with E-state index in [0.29, 0.717) is 12.1 Å². The zero-order valence-electron chi connectivity index (χ0n) is 10.7. The van der Waals surface area contributed by atoms with Crippen LogP contribution in [0.1, 0.15) is 28.1 Å². The molecule has 1 amide bonds. The van der Waals surface area contributed by atoms with E-state index >= 15 is 0 Å². The highest BCUT2D eigenvalue weighted by Gasteiger charge is 2.07. The largest absolute Gasteiger partial charge is 0.478 e. The molecule has 6 heteroatoms. The molecule has 0 aromatic carbocycles. The third kappa shape index (κ3) is 4.17. The highest BCUT2D eigenvalue weighted by Crippen LogP contribution is 2.13. The zero-order chi connectivity index (χ0) is 14.4. The summed E-state index contributed by atoms with van der Waals surface area (Å²) in [5.41, 5.74) is 0.465. The lowest BCUT2D eigenvalue weighted by atomic mass is 10.2. The van der Waals surface area contributed by atoms with Gasteiger partial charge in [-0.1, -0.05) is 6.07 Å². The summed E-state index contributed by atoms with van der Waals surface area (Å²) in [6, 6.07) is 5.43. The summed E-state index contributed by atoms with van der Waals surface area (Å²) in [6.07, 6.45) is 4.71. The van der Waals surface area contributed by atoms with Crippen LogP contribution in [0.15, 0.2) is 36.0 Å². The number of nitrogens with one attached hydrogen (secondary N) is 1. The predicted octanol–water partition coefficient (Wildman–Crippen LogP) is 2.80. The molecule has 0 aliphatic heterocycles. The van der Waals surface area contributed by atoms with Gasteiger partial charge < -0.3 is 10.4 Å². The molecule has 2 aromatic heterocycles. The SMILES string of the molecule is O=C(CCCc1cccs1)Nc1cncc(C(=O)O)c1. The Labute approximate surface area is 120 Å². The Hall–Kier alpha value is -2.21. The monoisotopic (exact) mass is 290 g/mol. The topological polar surface area (TPSA) is 79.3 Å². The van der Waals surface area contributed by atoms with Gasteiger partial charge in [-0.25, -0.2) is 4.79 Å². The molecule has 20 heavy (non-hydrogen) atoms. The van der Waals surface area contributed by atoms with Gasteiger partial charge in [0.1, 0.15) is 0 Å². The van der Waals surface area contributed by atoms with Crippen LogP contribution in [0, 0.1) is 0 Å². The molecule has 2 rings (SSSR count). The van der Waals surface area contributed by atoms with Crippen LogP contribution in [-0.4, -0.2) is 22.0 Å². The van der Waals surface area contributed by atoms with Crippen LogP contribution in [0.5, 0.6) is 0 Å². The molecule has 0 bridgehead atoms. The van der Waals surface area contributed by atoms with E-state index in [-0.39, 0.29) is 11.5 Å². The molecule has 5 nitrogen and oxygen atoms in total. The normalized spacial score (nSPS) is 10.2. The van der Waals surface area contributed by atoms with Gasteiger partial charge in [-0.2, -0.15) is 0 Å². The van der Waals surface area contributed by atoms with E-state index < -0.39 is 5.97 Å². The molecular formula is C14H14N2O3S. The molecule has 0 unspecified atom stereocenters. The minimum Gasteiger partial charge on any atom is -0.478 e. The first-order valence-electron chi connectivity index (χ1n) is 6.16. The second-order valence-electron chi connectivity index (χ2n) is 4.25. The number of carboxylic acids is 1. The van der Waals surface area contributed by atoms with Crippen molar-refractivity contribution in [2.75, 3.05) is 5.32 Å². The van der Waals surface area contributed by atoms with Crippen LogP contribution >= 0.6 is 11.3 Å². The number of aromatic carboxylic acids is 1. The summed E-state index contributed by atoms with van der Waals surface area (Å²) in [7, 11) is 0.